The number of H-pyrrole nitrogens is 1. The maximum Gasteiger partial charge on any atom is 0.270 e. The van der Waals surface area contributed by atoms with Crippen molar-refractivity contribution in [3.05, 3.63) is 45.4 Å². The Morgan fingerprint density at radius 2 is 2.32 bits per heavy atom. The van der Waals surface area contributed by atoms with Gasteiger partial charge in [0.1, 0.15) is 5.69 Å². The van der Waals surface area contributed by atoms with E-state index in [1.807, 2.05) is 6.07 Å². The van der Waals surface area contributed by atoms with Crippen LogP contribution in [0.1, 0.15) is 33.9 Å². The Hall–Kier alpha value is -1.69. The number of nitrogens with one attached hydrogen (secondary N) is 2. The molecule has 2 aromatic rings. The number of pyridine rings is 1. The fourth-order valence-corrected chi connectivity index (χ4v) is 2.63. The van der Waals surface area contributed by atoms with Crippen molar-refractivity contribution < 1.29 is 4.79 Å². The van der Waals surface area contributed by atoms with Crippen molar-refractivity contribution in [3.63, 3.8) is 0 Å². The minimum Gasteiger partial charge on any atom is -0.345 e. The van der Waals surface area contributed by atoms with Gasteiger partial charge in [-0.15, -0.1) is 0 Å². The summed E-state index contributed by atoms with van der Waals surface area (Å²) in [6.45, 7) is 0.428. The summed E-state index contributed by atoms with van der Waals surface area (Å²) < 4.78 is 0.659. The highest BCUT2D eigenvalue weighted by Gasteiger charge is 2.14. The van der Waals surface area contributed by atoms with Crippen LogP contribution in [0.3, 0.4) is 0 Å². The molecule has 0 unspecified atom stereocenters. The molecule has 1 amide bonds. The molecule has 98 valence electrons. The minimum atomic E-state index is -0.188. The van der Waals surface area contributed by atoms with E-state index in [-0.39, 0.29) is 5.91 Å². The van der Waals surface area contributed by atoms with Crippen LogP contribution in [-0.2, 0) is 19.4 Å². The van der Waals surface area contributed by atoms with E-state index in [4.69, 9.17) is 0 Å². The maximum absolute atomic E-state index is 11.9. The largest absolute Gasteiger partial charge is 0.345 e. The topological polar surface area (TPSA) is 70.7 Å². The molecule has 5 nitrogen and oxygen atoms in total. The number of aryl methyl sites for hydroxylation is 2. The number of halogens is 1. The Balaban J connectivity index is 1.66. The van der Waals surface area contributed by atoms with Crippen LogP contribution in [-0.4, -0.2) is 21.1 Å². The van der Waals surface area contributed by atoms with Gasteiger partial charge in [-0.1, -0.05) is 6.07 Å². The number of hydrogen-bond donors (Lipinski definition) is 2. The van der Waals surface area contributed by atoms with Crippen molar-refractivity contribution in [3.8, 4) is 0 Å². The highest BCUT2D eigenvalue weighted by atomic mass is 79.9. The Bertz CT molecular complexity index is 623. The average molecular weight is 321 g/mol. The van der Waals surface area contributed by atoms with Gasteiger partial charge in [-0.3, -0.25) is 14.9 Å². The zero-order chi connectivity index (χ0) is 13.2. The SMILES string of the molecule is O=C(NCc1ccc2c(n1)CCC2)c1[nH]ncc1Br. The van der Waals surface area contributed by atoms with Crippen molar-refractivity contribution in [2.24, 2.45) is 0 Å². The molecule has 2 heterocycles. The highest BCUT2D eigenvalue weighted by Crippen LogP contribution is 2.20. The maximum atomic E-state index is 11.9. The normalized spacial score (nSPS) is 13.3. The standard InChI is InChI=1S/C13H13BrN4O/c14-10-7-16-18-12(10)13(19)15-6-9-5-4-8-2-1-3-11(8)17-9/h4-5,7H,1-3,6H2,(H,15,19)(H,16,18). The van der Waals surface area contributed by atoms with E-state index in [1.165, 1.54) is 17.7 Å². The lowest BCUT2D eigenvalue weighted by Gasteiger charge is -2.06. The molecule has 3 rings (SSSR count). The van der Waals surface area contributed by atoms with Crippen molar-refractivity contribution in [1.82, 2.24) is 20.5 Å². The number of hydrogen-bond acceptors (Lipinski definition) is 3. The second-order valence-corrected chi connectivity index (χ2v) is 5.39. The summed E-state index contributed by atoms with van der Waals surface area (Å²) in [4.78, 5) is 16.5. The lowest BCUT2D eigenvalue weighted by atomic mass is 10.2. The monoisotopic (exact) mass is 320 g/mol. The second-order valence-electron chi connectivity index (χ2n) is 4.54. The fraction of sp³-hybridized carbons (Fsp3) is 0.308. The number of carbonyl (C=O) groups excluding carboxylic acids is 1. The molecule has 6 heteroatoms. The molecule has 0 radical (unpaired) electrons. The molecule has 0 spiro atoms. The molecule has 2 N–H and O–H groups in total. The van der Waals surface area contributed by atoms with Gasteiger partial charge in [0.15, 0.2) is 0 Å². The van der Waals surface area contributed by atoms with Crippen LogP contribution in [0.25, 0.3) is 0 Å². The Morgan fingerprint density at radius 1 is 1.42 bits per heavy atom. The van der Waals surface area contributed by atoms with Gasteiger partial charge < -0.3 is 5.32 Å². The summed E-state index contributed by atoms with van der Waals surface area (Å²) in [5.41, 5.74) is 3.84. The first kappa shape index (κ1) is 12.3. The smallest absolute Gasteiger partial charge is 0.270 e. The molecule has 0 aliphatic heterocycles. The van der Waals surface area contributed by atoms with Crippen LogP contribution in [0.5, 0.6) is 0 Å². The van der Waals surface area contributed by atoms with Gasteiger partial charge >= 0.3 is 0 Å². The third-order valence-electron chi connectivity index (χ3n) is 3.24. The van der Waals surface area contributed by atoms with E-state index in [1.54, 1.807) is 6.20 Å². The quantitative estimate of drug-likeness (QED) is 0.908. The van der Waals surface area contributed by atoms with Gasteiger partial charge in [-0.05, 0) is 46.8 Å². The van der Waals surface area contributed by atoms with Gasteiger partial charge in [-0.25, -0.2) is 0 Å². The van der Waals surface area contributed by atoms with E-state index < -0.39 is 0 Å². The number of nitrogens with zero attached hydrogens (tertiary/aromatic N) is 2. The number of aromatic amines is 1. The van der Waals surface area contributed by atoms with Gasteiger partial charge in [0.25, 0.3) is 5.91 Å². The molecule has 1 aliphatic carbocycles. The number of fused-ring (bicyclic) bond motifs is 1. The first-order chi connectivity index (χ1) is 9.24. The second kappa shape index (κ2) is 5.13. The summed E-state index contributed by atoms with van der Waals surface area (Å²) in [6.07, 6.45) is 4.90. The Kier molecular flexibility index (Phi) is 3.33. The molecule has 0 aromatic carbocycles. The predicted molar refractivity (Wildman–Crippen MR) is 73.7 cm³/mol. The molecule has 0 fully saturated rings. The van der Waals surface area contributed by atoms with Crippen LogP contribution in [0.15, 0.2) is 22.8 Å². The Labute approximate surface area is 119 Å². The number of carbonyl (C=O) groups is 1. The first-order valence-corrected chi connectivity index (χ1v) is 6.98. The molecule has 0 bridgehead atoms. The fourth-order valence-electron chi connectivity index (χ4n) is 2.25. The zero-order valence-electron chi connectivity index (χ0n) is 10.2. The summed E-state index contributed by atoms with van der Waals surface area (Å²) in [6, 6.07) is 4.09. The van der Waals surface area contributed by atoms with Crippen LogP contribution in [0, 0.1) is 0 Å². The zero-order valence-corrected chi connectivity index (χ0v) is 11.8. The molecule has 2 aromatic heterocycles. The van der Waals surface area contributed by atoms with Crippen LogP contribution in [0.4, 0.5) is 0 Å². The summed E-state index contributed by atoms with van der Waals surface area (Å²) >= 11 is 3.26. The predicted octanol–water partition coefficient (Wildman–Crippen LogP) is 1.99. The highest BCUT2D eigenvalue weighted by molar-refractivity contribution is 9.10. The van der Waals surface area contributed by atoms with E-state index in [2.05, 4.69) is 42.5 Å². The van der Waals surface area contributed by atoms with Crippen molar-refractivity contribution >= 4 is 21.8 Å². The van der Waals surface area contributed by atoms with E-state index in [9.17, 15) is 4.79 Å². The molecular weight excluding hydrogens is 308 g/mol. The molecule has 0 saturated carbocycles. The summed E-state index contributed by atoms with van der Waals surface area (Å²) in [5, 5.41) is 9.28. The Morgan fingerprint density at radius 3 is 3.11 bits per heavy atom. The lowest BCUT2D eigenvalue weighted by Crippen LogP contribution is -2.24. The van der Waals surface area contributed by atoms with Crippen LogP contribution >= 0.6 is 15.9 Å². The van der Waals surface area contributed by atoms with Gasteiger partial charge in [-0.2, -0.15) is 5.10 Å². The average Bonchev–Trinajstić information content (AvgIpc) is 3.03. The van der Waals surface area contributed by atoms with E-state index in [0.717, 1.165) is 18.5 Å². The molecule has 19 heavy (non-hydrogen) atoms. The summed E-state index contributed by atoms with van der Waals surface area (Å²) in [7, 11) is 0. The van der Waals surface area contributed by atoms with Crippen molar-refractivity contribution in [2.45, 2.75) is 25.8 Å². The van der Waals surface area contributed by atoms with Gasteiger partial charge in [0.05, 0.1) is 22.9 Å². The number of rotatable bonds is 3. The molecular formula is C13H13BrN4O. The van der Waals surface area contributed by atoms with Crippen LogP contribution < -0.4 is 5.32 Å². The molecule has 0 saturated heterocycles. The minimum absolute atomic E-state index is 0.188. The number of amides is 1. The third kappa shape index (κ3) is 2.53. The van der Waals surface area contributed by atoms with Crippen LogP contribution in [0.2, 0.25) is 0 Å². The molecule has 1 aliphatic rings. The van der Waals surface area contributed by atoms with Crippen molar-refractivity contribution in [2.75, 3.05) is 0 Å². The van der Waals surface area contributed by atoms with Crippen molar-refractivity contribution in [1.29, 1.82) is 0 Å². The third-order valence-corrected chi connectivity index (χ3v) is 3.84. The number of aromatic nitrogens is 3. The van der Waals surface area contributed by atoms with Gasteiger partial charge in [0.2, 0.25) is 0 Å². The summed E-state index contributed by atoms with van der Waals surface area (Å²) in [5.74, 6) is -0.188. The van der Waals surface area contributed by atoms with E-state index in [0.29, 0.717) is 16.7 Å². The molecule has 0 atom stereocenters. The first-order valence-electron chi connectivity index (χ1n) is 6.19. The lowest BCUT2D eigenvalue weighted by molar-refractivity contribution is 0.0944. The van der Waals surface area contributed by atoms with E-state index >= 15 is 0 Å². The van der Waals surface area contributed by atoms with Gasteiger partial charge in [0, 0.05) is 5.69 Å².